The van der Waals surface area contributed by atoms with Crippen molar-refractivity contribution in [1.29, 1.82) is 0 Å². The normalized spacial score (nSPS) is 12.0. The van der Waals surface area contributed by atoms with Crippen molar-refractivity contribution < 1.29 is 14.3 Å². The molecule has 2 rings (SSSR count). The molecule has 3 N–H and O–H groups in total. The molecular formula is C15H18FN3O2. The molecule has 1 aromatic carbocycles. The highest BCUT2D eigenvalue weighted by atomic mass is 19.1. The number of carbonyl (C=O) groups excluding carboxylic acids is 1. The van der Waals surface area contributed by atoms with Crippen LogP contribution in [0.4, 0.5) is 14.9 Å². The van der Waals surface area contributed by atoms with Gasteiger partial charge in [-0.25, -0.2) is 9.18 Å². The highest BCUT2D eigenvalue weighted by molar-refractivity contribution is 5.89. The Balaban J connectivity index is 2.12. The predicted molar refractivity (Wildman–Crippen MR) is 79.0 cm³/mol. The van der Waals surface area contributed by atoms with E-state index in [1.54, 1.807) is 12.1 Å². The van der Waals surface area contributed by atoms with E-state index in [9.17, 15) is 9.18 Å². The van der Waals surface area contributed by atoms with Crippen LogP contribution in [0.3, 0.4) is 0 Å². The minimum atomic E-state index is -0.542. The smallest absolute Gasteiger partial charge is 0.319 e. The van der Waals surface area contributed by atoms with E-state index in [2.05, 4.69) is 10.6 Å². The number of hydrogen-bond donors (Lipinski definition) is 3. The number of hydrogen-bond acceptors (Lipinski definition) is 2. The fraction of sp³-hybridized carbons (Fsp3) is 0.267. The van der Waals surface area contributed by atoms with E-state index in [4.69, 9.17) is 5.11 Å². The molecule has 1 atom stereocenters. The van der Waals surface area contributed by atoms with Gasteiger partial charge in [0, 0.05) is 18.1 Å². The number of carbonyl (C=O) groups is 1. The number of halogens is 1. The van der Waals surface area contributed by atoms with Gasteiger partial charge in [-0.15, -0.1) is 0 Å². The van der Waals surface area contributed by atoms with Gasteiger partial charge < -0.3 is 20.3 Å². The molecule has 0 aliphatic carbocycles. The van der Waals surface area contributed by atoms with Gasteiger partial charge in [-0.3, -0.25) is 0 Å². The molecule has 2 aromatic rings. The second-order valence-corrected chi connectivity index (χ2v) is 4.64. The standard InChI is InChI=1S/C15H18FN3O2/c1-2-11(10-20)17-15(21)18-14-9-12(5-6-13(14)16)19-7-3-4-8-19/h3-9,11,20H,2,10H2,1H3,(H2,17,18,21). The molecule has 0 spiro atoms. The van der Waals surface area contributed by atoms with Crippen LogP contribution in [0.5, 0.6) is 0 Å². The maximum absolute atomic E-state index is 13.8. The van der Waals surface area contributed by atoms with Gasteiger partial charge in [-0.1, -0.05) is 6.92 Å². The largest absolute Gasteiger partial charge is 0.394 e. The molecule has 0 saturated heterocycles. The van der Waals surface area contributed by atoms with Crippen molar-refractivity contribution in [3.05, 3.63) is 48.5 Å². The summed E-state index contributed by atoms with van der Waals surface area (Å²) in [4.78, 5) is 11.8. The Morgan fingerprint density at radius 3 is 2.71 bits per heavy atom. The van der Waals surface area contributed by atoms with Crippen LogP contribution in [0.1, 0.15) is 13.3 Å². The summed E-state index contributed by atoms with van der Waals surface area (Å²) in [7, 11) is 0. The van der Waals surface area contributed by atoms with Crippen molar-refractivity contribution in [3.63, 3.8) is 0 Å². The zero-order valence-electron chi connectivity index (χ0n) is 11.7. The maximum Gasteiger partial charge on any atom is 0.319 e. The van der Waals surface area contributed by atoms with E-state index in [0.29, 0.717) is 6.42 Å². The lowest BCUT2D eigenvalue weighted by Gasteiger charge is -2.15. The molecule has 1 aromatic heterocycles. The monoisotopic (exact) mass is 291 g/mol. The first-order valence-corrected chi connectivity index (χ1v) is 6.75. The molecule has 0 fully saturated rings. The first kappa shape index (κ1) is 15.1. The van der Waals surface area contributed by atoms with Gasteiger partial charge in [-0.2, -0.15) is 0 Å². The molecule has 1 heterocycles. The number of aromatic nitrogens is 1. The van der Waals surface area contributed by atoms with E-state index in [0.717, 1.165) is 5.69 Å². The van der Waals surface area contributed by atoms with Crippen molar-refractivity contribution in [2.75, 3.05) is 11.9 Å². The first-order chi connectivity index (χ1) is 10.1. The average Bonchev–Trinajstić information content (AvgIpc) is 3.01. The molecule has 6 heteroatoms. The van der Waals surface area contributed by atoms with Gasteiger partial charge in [0.15, 0.2) is 0 Å². The number of nitrogens with zero attached hydrogens (tertiary/aromatic N) is 1. The molecular weight excluding hydrogens is 273 g/mol. The lowest BCUT2D eigenvalue weighted by molar-refractivity contribution is 0.222. The summed E-state index contributed by atoms with van der Waals surface area (Å²) in [6, 6.07) is 7.30. The second-order valence-electron chi connectivity index (χ2n) is 4.64. The van der Waals surface area contributed by atoms with Crippen LogP contribution in [0.15, 0.2) is 42.7 Å². The molecule has 0 aliphatic heterocycles. The number of benzene rings is 1. The van der Waals surface area contributed by atoms with Crippen LogP contribution in [0, 0.1) is 5.82 Å². The Morgan fingerprint density at radius 1 is 1.38 bits per heavy atom. The molecule has 0 bridgehead atoms. The Morgan fingerprint density at radius 2 is 2.10 bits per heavy atom. The summed E-state index contributed by atoms with van der Waals surface area (Å²) < 4.78 is 15.6. The quantitative estimate of drug-likeness (QED) is 0.792. The van der Waals surface area contributed by atoms with Crippen molar-refractivity contribution in [2.45, 2.75) is 19.4 Å². The van der Waals surface area contributed by atoms with E-state index in [1.165, 1.54) is 6.07 Å². The molecule has 0 saturated carbocycles. The zero-order chi connectivity index (χ0) is 15.2. The number of aliphatic hydroxyl groups excluding tert-OH is 1. The number of aliphatic hydroxyl groups is 1. The number of nitrogens with one attached hydrogen (secondary N) is 2. The van der Waals surface area contributed by atoms with Gasteiger partial charge in [-0.05, 0) is 36.8 Å². The summed E-state index contributed by atoms with van der Waals surface area (Å²) in [5, 5.41) is 14.1. The molecule has 0 radical (unpaired) electrons. The fourth-order valence-corrected chi connectivity index (χ4v) is 1.90. The van der Waals surface area contributed by atoms with Crippen molar-refractivity contribution in [2.24, 2.45) is 0 Å². The number of amides is 2. The van der Waals surface area contributed by atoms with Gasteiger partial charge in [0.05, 0.1) is 18.3 Å². The minimum Gasteiger partial charge on any atom is -0.394 e. The third kappa shape index (κ3) is 3.82. The number of urea groups is 1. The van der Waals surface area contributed by atoms with Gasteiger partial charge in [0.1, 0.15) is 5.82 Å². The summed E-state index contributed by atoms with van der Waals surface area (Å²) >= 11 is 0. The molecule has 0 aliphatic rings. The Labute approximate surface area is 122 Å². The molecule has 2 amide bonds. The van der Waals surface area contributed by atoms with Crippen LogP contribution >= 0.6 is 0 Å². The summed E-state index contributed by atoms with van der Waals surface area (Å²) in [5.74, 6) is -0.516. The van der Waals surface area contributed by atoms with Gasteiger partial charge >= 0.3 is 6.03 Å². The lowest BCUT2D eigenvalue weighted by Crippen LogP contribution is -2.39. The van der Waals surface area contributed by atoms with E-state index < -0.39 is 11.8 Å². The highest BCUT2D eigenvalue weighted by Gasteiger charge is 2.12. The molecule has 112 valence electrons. The maximum atomic E-state index is 13.8. The Kier molecular flexibility index (Phi) is 4.94. The van der Waals surface area contributed by atoms with E-state index in [1.807, 2.05) is 36.0 Å². The van der Waals surface area contributed by atoms with Gasteiger partial charge in [0.2, 0.25) is 0 Å². The molecule has 1 unspecified atom stereocenters. The SMILES string of the molecule is CCC(CO)NC(=O)Nc1cc(-n2cccc2)ccc1F. The van der Waals surface area contributed by atoms with Crippen LogP contribution in [-0.2, 0) is 0 Å². The topological polar surface area (TPSA) is 66.3 Å². The third-order valence-electron chi connectivity index (χ3n) is 3.15. The first-order valence-electron chi connectivity index (χ1n) is 6.75. The van der Waals surface area contributed by atoms with Crippen LogP contribution < -0.4 is 10.6 Å². The number of anilines is 1. The van der Waals surface area contributed by atoms with E-state index >= 15 is 0 Å². The minimum absolute atomic E-state index is 0.0893. The second kappa shape index (κ2) is 6.90. The third-order valence-corrected chi connectivity index (χ3v) is 3.15. The fourth-order valence-electron chi connectivity index (χ4n) is 1.90. The van der Waals surface area contributed by atoms with Crippen molar-refractivity contribution in [1.82, 2.24) is 9.88 Å². The predicted octanol–water partition coefficient (Wildman–Crippen LogP) is 2.51. The van der Waals surface area contributed by atoms with Gasteiger partial charge in [0.25, 0.3) is 0 Å². The zero-order valence-corrected chi connectivity index (χ0v) is 11.7. The van der Waals surface area contributed by atoms with Crippen molar-refractivity contribution >= 4 is 11.7 Å². The lowest BCUT2D eigenvalue weighted by atomic mass is 10.2. The highest BCUT2D eigenvalue weighted by Crippen LogP contribution is 2.19. The summed E-state index contributed by atoms with van der Waals surface area (Å²) in [6.45, 7) is 1.68. The van der Waals surface area contributed by atoms with E-state index in [-0.39, 0.29) is 18.3 Å². The Bertz CT molecular complexity index is 595. The Hall–Kier alpha value is -2.34. The van der Waals surface area contributed by atoms with Crippen LogP contribution in [0.2, 0.25) is 0 Å². The molecule has 21 heavy (non-hydrogen) atoms. The summed E-state index contributed by atoms with van der Waals surface area (Å²) in [6.07, 6.45) is 4.25. The molecule has 5 nitrogen and oxygen atoms in total. The number of rotatable bonds is 5. The van der Waals surface area contributed by atoms with Crippen molar-refractivity contribution in [3.8, 4) is 5.69 Å². The van der Waals surface area contributed by atoms with Crippen LogP contribution in [0.25, 0.3) is 5.69 Å². The van der Waals surface area contributed by atoms with Crippen LogP contribution in [-0.4, -0.2) is 28.4 Å². The summed E-state index contributed by atoms with van der Waals surface area (Å²) in [5.41, 5.74) is 0.831. The average molecular weight is 291 g/mol.